The Balaban J connectivity index is 1.37. The highest BCUT2D eigenvalue weighted by Crippen LogP contribution is 2.36. The number of aryl methyl sites for hydroxylation is 1. The Kier molecular flexibility index (Phi) is 7.37. The Morgan fingerprint density at radius 3 is 2.58 bits per heavy atom. The summed E-state index contributed by atoms with van der Waals surface area (Å²) in [5.41, 5.74) is 2.57. The lowest BCUT2D eigenvalue weighted by Crippen LogP contribution is -2.40. The maximum Gasteiger partial charge on any atom is 0.262 e. The molecule has 10 heteroatoms. The lowest BCUT2D eigenvalue weighted by Gasteiger charge is -2.33. The van der Waals surface area contributed by atoms with Crippen molar-refractivity contribution < 1.29 is 27.1 Å². The second-order valence-corrected chi connectivity index (χ2v) is 12.2. The molecule has 2 aromatic carbocycles. The number of carbonyl (C=O) groups excluding carboxylic acids is 1. The SMILES string of the molecule is CC(C)C(=O)N1CCC(c2cn(C)c3ccc(NS(=O)(=O)c4ccc(F)c(OC5CCOC5)c4)cc23)CC1. The summed E-state index contributed by atoms with van der Waals surface area (Å²) < 4.78 is 56.4. The van der Waals surface area contributed by atoms with Gasteiger partial charge in [0.2, 0.25) is 5.91 Å². The van der Waals surface area contributed by atoms with E-state index in [4.69, 9.17) is 9.47 Å². The Hall–Kier alpha value is -3.11. The highest BCUT2D eigenvalue weighted by atomic mass is 32.2. The summed E-state index contributed by atoms with van der Waals surface area (Å²) >= 11 is 0. The Morgan fingerprint density at radius 1 is 1.13 bits per heavy atom. The number of piperidine rings is 1. The molecule has 1 aromatic heterocycles. The lowest BCUT2D eigenvalue weighted by molar-refractivity contribution is -0.135. The van der Waals surface area contributed by atoms with Crippen LogP contribution in [0.2, 0.25) is 0 Å². The molecule has 38 heavy (non-hydrogen) atoms. The van der Waals surface area contributed by atoms with Crippen molar-refractivity contribution in [1.82, 2.24) is 9.47 Å². The fraction of sp³-hybridized carbons (Fsp3) is 0.464. The lowest BCUT2D eigenvalue weighted by atomic mass is 9.88. The van der Waals surface area contributed by atoms with E-state index in [1.165, 1.54) is 12.1 Å². The number of nitrogens with one attached hydrogen (secondary N) is 1. The Morgan fingerprint density at radius 2 is 1.89 bits per heavy atom. The number of likely N-dealkylation sites (tertiary alicyclic amines) is 1. The van der Waals surface area contributed by atoms with Gasteiger partial charge < -0.3 is 18.9 Å². The number of fused-ring (bicyclic) bond motifs is 1. The molecular formula is C28H34FN3O5S. The van der Waals surface area contributed by atoms with E-state index in [9.17, 15) is 17.6 Å². The molecule has 0 aliphatic carbocycles. The van der Waals surface area contributed by atoms with Crippen molar-refractivity contribution in [3.63, 3.8) is 0 Å². The molecule has 0 bridgehead atoms. The Bertz CT molecular complexity index is 1440. The number of aromatic nitrogens is 1. The van der Waals surface area contributed by atoms with Gasteiger partial charge in [-0.15, -0.1) is 0 Å². The highest BCUT2D eigenvalue weighted by molar-refractivity contribution is 7.92. The van der Waals surface area contributed by atoms with Gasteiger partial charge in [-0.3, -0.25) is 9.52 Å². The summed E-state index contributed by atoms with van der Waals surface area (Å²) in [6.45, 7) is 6.16. The number of amides is 1. The largest absolute Gasteiger partial charge is 0.485 e. The minimum absolute atomic E-state index is 0.0137. The molecule has 3 heterocycles. The molecule has 1 amide bonds. The summed E-state index contributed by atoms with van der Waals surface area (Å²) in [6, 6.07) is 9.03. The number of carbonyl (C=O) groups is 1. The smallest absolute Gasteiger partial charge is 0.262 e. The molecule has 8 nitrogen and oxygen atoms in total. The topological polar surface area (TPSA) is 89.9 Å². The van der Waals surface area contributed by atoms with E-state index in [0.29, 0.717) is 38.4 Å². The predicted molar refractivity (Wildman–Crippen MR) is 143 cm³/mol. The highest BCUT2D eigenvalue weighted by Gasteiger charge is 2.27. The van der Waals surface area contributed by atoms with Crippen LogP contribution in [0.4, 0.5) is 10.1 Å². The summed E-state index contributed by atoms with van der Waals surface area (Å²) in [5.74, 6) is -0.277. The van der Waals surface area contributed by atoms with Gasteiger partial charge in [0.1, 0.15) is 6.10 Å². The van der Waals surface area contributed by atoms with Crippen molar-refractivity contribution in [2.45, 2.75) is 50.0 Å². The van der Waals surface area contributed by atoms with E-state index in [1.54, 1.807) is 6.07 Å². The van der Waals surface area contributed by atoms with Crippen molar-refractivity contribution in [3.05, 3.63) is 54.0 Å². The zero-order chi connectivity index (χ0) is 27.0. The molecule has 0 radical (unpaired) electrons. The number of ether oxygens (including phenoxy) is 2. The molecule has 1 atom stereocenters. The van der Waals surface area contributed by atoms with Gasteiger partial charge >= 0.3 is 0 Å². The molecule has 2 saturated heterocycles. The van der Waals surface area contributed by atoms with Gasteiger partial charge in [0.15, 0.2) is 11.6 Å². The van der Waals surface area contributed by atoms with E-state index in [1.807, 2.05) is 42.5 Å². The van der Waals surface area contributed by atoms with Crippen LogP contribution in [-0.4, -0.2) is 56.2 Å². The van der Waals surface area contributed by atoms with Gasteiger partial charge in [0.25, 0.3) is 10.0 Å². The van der Waals surface area contributed by atoms with Crippen LogP contribution in [0.15, 0.2) is 47.5 Å². The van der Waals surface area contributed by atoms with Crippen LogP contribution >= 0.6 is 0 Å². The van der Waals surface area contributed by atoms with Crippen LogP contribution in [0.1, 0.15) is 44.6 Å². The van der Waals surface area contributed by atoms with Crippen molar-refractivity contribution in [2.24, 2.45) is 13.0 Å². The molecule has 3 aromatic rings. The van der Waals surface area contributed by atoms with Crippen LogP contribution in [0.25, 0.3) is 10.9 Å². The third-order valence-electron chi connectivity index (χ3n) is 7.41. The minimum Gasteiger partial charge on any atom is -0.485 e. The van der Waals surface area contributed by atoms with E-state index < -0.39 is 15.8 Å². The van der Waals surface area contributed by atoms with E-state index in [-0.39, 0.29) is 34.5 Å². The maximum atomic E-state index is 14.3. The molecule has 2 fully saturated rings. The summed E-state index contributed by atoms with van der Waals surface area (Å²) in [6.07, 6.45) is 4.14. The number of nitrogens with zero attached hydrogens (tertiary/aromatic N) is 2. The number of anilines is 1. The van der Waals surface area contributed by atoms with Crippen LogP contribution in [0.5, 0.6) is 5.75 Å². The molecular weight excluding hydrogens is 509 g/mol. The van der Waals surface area contributed by atoms with Gasteiger partial charge in [0.05, 0.1) is 18.1 Å². The molecule has 1 unspecified atom stereocenters. The van der Waals surface area contributed by atoms with Crippen molar-refractivity contribution in [3.8, 4) is 5.75 Å². The van der Waals surface area contributed by atoms with Crippen LogP contribution in [0, 0.1) is 11.7 Å². The Labute approximate surface area is 222 Å². The zero-order valence-corrected chi connectivity index (χ0v) is 22.8. The van der Waals surface area contributed by atoms with Crippen LogP contribution in [0.3, 0.4) is 0 Å². The summed E-state index contributed by atoms with van der Waals surface area (Å²) in [4.78, 5) is 14.3. The zero-order valence-electron chi connectivity index (χ0n) is 21.9. The second-order valence-electron chi connectivity index (χ2n) is 10.5. The number of sulfonamides is 1. The quantitative estimate of drug-likeness (QED) is 0.469. The predicted octanol–water partition coefficient (Wildman–Crippen LogP) is 4.65. The minimum atomic E-state index is -3.99. The number of hydrogen-bond acceptors (Lipinski definition) is 5. The first-order chi connectivity index (χ1) is 18.1. The average molecular weight is 544 g/mol. The van der Waals surface area contributed by atoms with Gasteiger partial charge in [-0.05, 0) is 54.7 Å². The third kappa shape index (κ3) is 5.37. The number of benzene rings is 2. The van der Waals surface area contributed by atoms with Crippen molar-refractivity contribution in [2.75, 3.05) is 31.0 Å². The standard InChI is InChI=1S/C28H34FN3O5S/c1-18(2)28(33)32-11-8-19(9-12-32)24-16-31(3)26-7-4-20(14-23(24)26)30-38(34,35)22-5-6-25(29)27(15-22)37-21-10-13-36-17-21/h4-7,14-16,18-19,21,30H,8-13,17H2,1-3H3. The van der Waals surface area contributed by atoms with E-state index in [2.05, 4.69) is 10.9 Å². The number of rotatable bonds is 7. The molecule has 0 saturated carbocycles. The normalized spacial score (nSPS) is 18.9. The first kappa shape index (κ1) is 26.5. The summed E-state index contributed by atoms with van der Waals surface area (Å²) in [5, 5.41) is 0.977. The molecule has 2 aliphatic heterocycles. The first-order valence-corrected chi connectivity index (χ1v) is 14.5. The molecule has 0 spiro atoms. The first-order valence-electron chi connectivity index (χ1n) is 13.1. The van der Waals surface area contributed by atoms with Crippen LogP contribution < -0.4 is 9.46 Å². The molecule has 204 valence electrons. The second kappa shape index (κ2) is 10.6. The van der Waals surface area contributed by atoms with Gasteiger partial charge in [0, 0.05) is 61.3 Å². The maximum absolute atomic E-state index is 14.3. The molecule has 5 rings (SSSR count). The molecule has 2 aliphatic rings. The van der Waals surface area contributed by atoms with Crippen molar-refractivity contribution in [1.29, 1.82) is 0 Å². The van der Waals surface area contributed by atoms with Gasteiger partial charge in [-0.1, -0.05) is 13.8 Å². The fourth-order valence-electron chi connectivity index (χ4n) is 5.33. The van der Waals surface area contributed by atoms with Crippen molar-refractivity contribution >= 4 is 32.5 Å². The monoisotopic (exact) mass is 543 g/mol. The van der Waals surface area contributed by atoms with Gasteiger partial charge in [-0.2, -0.15) is 0 Å². The number of hydrogen-bond donors (Lipinski definition) is 1. The van der Waals surface area contributed by atoms with Crippen LogP contribution in [-0.2, 0) is 26.6 Å². The van der Waals surface area contributed by atoms with Gasteiger partial charge in [-0.25, -0.2) is 12.8 Å². The van der Waals surface area contributed by atoms with E-state index >= 15 is 0 Å². The number of halogens is 1. The van der Waals surface area contributed by atoms with E-state index in [0.717, 1.165) is 35.4 Å². The molecule has 1 N–H and O–H groups in total. The average Bonchev–Trinajstić information content (AvgIpc) is 3.52. The third-order valence-corrected chi connectivity index (χ3v) is 8.79. The summed E-state index contributed by atoms with van der Waals surface area (Å²) in [7, 11) is -2.01. The fourth-order valence-corrected chi connectivity index (χ4v) is 6.39.